The predicted molar refractivity (Wildman–Crippen MR) is 141 cm³/mol. The number of hydrogen-bond acceptors (Lipinski definition) is 5. The molecule has 0 saturated carbocycles. The minimum atomic E-state index is -1.02. The van der Waals surface area contributed by atoms with Gasteiger partial charge in [0.2, 0.25) is 0 Å². The molecule has 0 fully saturated rings. The average Bonchev–Trinajstić information content (AvgIpc) is 3.22. The number of rotatable bonds is 11. The Labute approximate surface area is 216 Å². The molecule has 0 unspecified atom stereocenters. The summed E-state index contributed by atoms with van der Waals surface area (Å²) < 4.78 is 15.2. The Morgan fingerprint density at radius 1 is 1.08 bits per heavy atom. The zero-order valence-electron chi connectivity index (χ0n) is 21.6. The fraction of sp³-hybridized carbons (Fsp3) is 0.345. The molecular formula is C29H34FN3O4. The largest absolute Gasteiger partial charge is 0.393 e. The van der Waals surface area contributed by atoms with Crippen molar-refractivity contribution in [2.24, 2.45) is 0 Å². The normalized spacial score (nSPS) is 13.2. The molecule has 1 aromatic heterocycles. The van der Waals surface area contributed by atoms with Crippen LogP contribution in [0, 0.1) is 5.82 Å². The molecule has 0 spiro atoms. The number of amides is 1. The molecule has 7 nitrogen and oxygen atoms in total. The first-order valence-electron chi connectivity index (χ1n) is 12.3. The molecule has 196 valence electrons. The van der Waals surface area contributed by atoms with Gasteiger partial charge in [-0.25, -0.2) is 9.07 Å². The van der Waals surface area contributed by atoms with Gasteiger partial charge in [-0.2, -0.15) is 5.10 Å². The number of ketones is 1. The molecule has 2 N–H and O–H groups in total. The third-order valence-corrected chi connectivity index (χ3v) is 5.93. The van der Waals surface area contributed by atoms with Gasteiger partial charge in [0.1, 0.15) is 11.6 Å². The Morgan fingerprint density at radius 3 is 2.32 bits per heavy atom. The van der Waals surface area contributed by atoms with E-state index in [1.165, 1.54) is 25.1 Å². The van der Waals surface area contributed by atoms with E-state index in [0.717, 1.165) is 5.56 Å². The Hall–Kier alpha value is -3.62. The van der Waals surface area contributed by atoms with Crippen molar-refractivity contribution in [1.82, 2.24) is 14.7 Å². The molecule has 0 aliphatic heterocycles. The van der Waals surface area contributed by atoms with Crippen LogP contribution in [0.2, 0.25) is 0 Å². The summed E-state index contributed by atoms with van der Waals surface area (Å²) in [6, 6.07) is 15.4. The molecule has 0 saturated heterocycles. The van der Waals surface area contributed by atoms with E-state index in [2.05, 4.69) is 5.10 Å². The second-order valence-corrected chi connectivity index (χ2v) is 9.56. The molecule has 8 heteroatoms. The number of Topliss-reactive ketones (excluding diaryl/α,β-unsaturated/α-hetero) is 1. The molecular weight excluding hydrogens is 473 g/mol. The molecule has 1 heterocycles. The van der Waals surface area contributed by atoms with Crippen molar-refractivity contribution < 1.29 is 24.2 Å². The summed E-state index contributed by atoms with van der Waals surface area (Å²) in [7, 11) is 1.71. The van der Waals surface area contributed by atoms with Gasteiger partial charge >= 0.3 is 0 Å². The topological polar surface area (TPSA) is 95.7 Å². The summed E-state index contributed by atoms with van der Waals surface area (Å²) >= 11 is 0. The zero-order chi connectivity index (χ0) is 27.1. The van der Waals surface area contributed by atoms with Crippen LogP contribution in [0.5, 0.6) is 0 Å². The molecule has 2 aromatic carbocycles. The molecule has 0 aliphatic carbocycles. The molecule has 3 rings (SSSR count). The first-order chi connectivity index (χ1) is 17.6. The lowest BCUT2D eigenvalue weighted by Crippen LogP contribution is -2.27. The Bertz CT molecular complexity index is 1240. The fourth-order valence-corrected chi connectivity index (χ4v) is 4.19. The lowest BCUT2D eigenvalue weighted by molar-refractivity contribution is -0.119. The number of hydrogen-bond donors (Lipinski definition) is 2. The average molecular weight is 508 g/mol. The van der Waals surface area contributed by atoms with E-state index < -0.39 is 18.0 Å². The van der Waals surface area contributed by atoms with Gasteiger partial charge in [-0.3, -0.25) is 9.59 Å². The summed E-state index contributed by atoms with van der Waals surface area (Å²) in [5.41, 5.74) is 3.05. The number of benzene rings is 2. The van der Waals surface area contributed by atoms with E-state index in [0.29, 0.717) is 23.5 Å². The van der Waals surface area contributed by atoms with E-state index in [9.17, 15) is 24.2 Å². The third kappa shape index (κ3) is 7.44. The maximum absolute atomic E-state index is 13.6. The monoisotopic (exact) mass is 507 g/mol. The van der Waals surface area contributed by atoms with Gasteiger partial charge in [-0.05, 0) is 48.7 Å². The standard InChI is InChI=1S/C29H34FN3O4/c1-19(2)27-26(15-14-24(35)17-25(36)16-20(3)34)33(23-12-10-22(30)11-13-23)31-28(27)29(37)32(4)18-21-8-6-5-7-9-21/h5-15,19,24-25,35-36H,16-18H2,1-4H3/b15-14+/t24-,25+/m1/s1. The Morgan fingerprint density at radius 2 is 1.73 bits per heavy atom. The maximum atomic E-state index is 13.6. The SMILES string of the molecule is CC(=O)C[C@H](O)C[C@H](O)/C=C/c1c(C(C)C)c(C(=O)N(C)Cc2ccccc2)nn1-c1ccc(F)cc1. The lowest BCUT2D eigenvalue weighted by Gasteiger charge is -2.17. The van der Waals surface area contributed by atoms with Crippen LogP contribution < -0.4 is 0 Å². The van der Waals surface area contributed by atoms with Crippen LogP contribution in [0.4, 0.5) is 4.39 Å². The van der Waals surface area contributed by atoms with Gasteiger partial charge in [0, 0.05) is 32.0 Å². The van der Waals surface area contributed by atoms with E-state index in [1.54, 1.807) is 34.8 Å². The van der Waals surface area contributed by atoms with E-state index in [1.807, 2.05) is 44.2 Å². The van der Waals surface area contributed by atoms with Crippen LogP contribution in [-0.2, 0) is 11.3 Å². The van der Waals surface area contributed by atoms with E-state index >= 15 is 0 Å². The van der Waals surface area contributed by atoms with Crippen molar-refractivity contribution in [3.63, 3.8) is 0 Å². The molecule has 37 heavy (non-hydrogen) atoms. The Kier molecular flexibility index (Phi) is 9.49. The molecule has 0 aliphatic rings. The maximum Gasteiger partial charge on any atom is 0.274 e. The van der Waals surface area contributed by atoms with Crippen molar-refractivity contribution >= 4 is 17.8 Å². The van der Waals surface area contributed by atoms with E-state index in [4.69, 9.17) is 0 Å². The van der Waals surface area contributed by atoms with Crippen LogP contribution in [0.25, 0.3) is 11.8 Å². The quantitative estimate of drug-likeness (QED) is 0.398. The number of aliphatic hydroxyl groups is 2. The number of carbonyl (C=O) groups is 2. The van der Waals surface area contributed by atoms with Gasteiger partial charge < -0.3 is 15.1 Å². The van der Waals surface area contributed by atoms with Gasteiger partial charge in [-0.1, -0.05) is 50.3 Å². The van der Waals surface area contributed by atoms with Gasteiger partial charge in [0.15, 0.2) is 5.69 Å². The molecule has 0 bridgehead atoms. The molecule has 0 radical (unpaired) electrons. The minimum Gasteiger partial charge on any atom is -0.393 e. The van der Waals surface area contributed by atoms with Crippen molar-refractivity contribution in [2.45, 2.75) is 58.3 Å². The summed E-state index contributed by atoms with van der Waals surface area (Å²) in [5.74, 6) is -0.923. The summed E-state index contributed by atoms with van der Waals surface area (Å²) in [6.07, 6.45) is 1.13. The van der Waals surface area contributed by atoms with Crippen LogP contribution in [-0.4, -0.2) is 55.8 Å². The van der Waals surface area contributed by atoms with Crippen molar-refractivity contribution in [2.75, 3.05) is 7.05 Å². The first-order valence-corrected chi connectivity index (χ1v) is 12.3. The number of nitrogens with zero attached hydrogens (tertiary/aromatic N) is 3. The number of carbonyl (C=O) groups excluding carboxylic acids is 2. The summed E-state index contributed by atoms with van der Waals surface area (Å²) in [4.78, 5) is 26.4. The van der Waals surface area contributed by atoms with Crippen molar-refractivity contribution in [1.29, 1.82) is 0 Å². The highest BCUT2D eigenvalue weighted by Gasteiger charge is 2.27. The van der Waals surface area contributed by atoms with Crippen molar-refractivity contribution in [3.05, 3.63) is 89.0 Å². The van der Waals surface area contributed by atoms with E-state index in [-0.39, 0.29) is 36.1 Å². The highest BCUT2D eigenvalue weighted by atomic mass is 19.1. The summed E-state index contributed by atoms with van der Waals surface area (Å²) in [5, 5.41) is 25.2. The highest BCUT2D eigenvalue weighted by molar-refractivity contribution is 5.95. The lowest BCUT2D eigenvalue weighted by atomic mass is 9.98. The molecule has 1 amide bonds. The van der Waals surface area contributed by atoms with Gasteiger partial charge in [0.05, 0.1) is 23.6 Å². The van der Waals surface area contributed by atoms with Crippen LogP contribution >= 0.6 is 0 Å². The van der Waals surface area contributed by atoms with Crippen LogP contribution in [0.1, 0.15) is 66.8 Å². The highest BCUT2D eigenvalue weighted by Crippen LogP contribution is 2.29. The third-order valence-electron chi connectivity index (χ3n) is 5.93. The van der Waals surface area contributed by atoms with Gasteiger partial charge in [-0.15, -0.1) is 0 Å². The number of aliphatic hydroxyl groups excluding tert-OH is 2. The smallest absolute Gasteiger partial charge is 0.274 e. The van der Waals surface area contributed by atoms with Crippen LogP contribution in [0.15, 0.2) is 60.7 Å². The zero-order valence-corrected chi connectivity index (χ0v) is 21.6. The van der Waals surface area contributed by atoms with Gasteiger partial charge in [0.25, 0.3) is 5.91 Å². The Balaban J connectivity index is 2.02. The number of halogens is 1. The fourth-order valence-electron chi connectivity index (χ4n) is 4.19. The second-order valence-electron chi connectivity index (χ2n) is 9.56. The first kappa shape index (κ1) is 28.0. The summed E-state index contributed by atoms with van der Waals surface area (Å²) in [6.45, 7) is 5.68. The number of aromatic nitrogens is 2. The minimum absolute atomic E-state index is 0.0105. The predicted octanol–water partition coefficient (Wildman–Crippen LogP) is 4.51. The van der Waals surface area contributed by atoms with Crippen molar-refractivity contribution in [3.8, 4) is 5.69 Å². The molecule has 3 aromatic rings. The molecule has 2 atom stereocenters. The van der Waals surface area contributed by atoms with Crippen LogP contribution in [0.3, 0.4) is 0 Å². The second kappa shape index (κ2) is 12.6.